The van der Waals surface area contributed by atoms with Crippen LogP contribution in [0.5, 0.6) is 0 Å². The van der Waals surface area contributed by atoms with Gasteiger partial charge in [-0.25, -0.2) is 0 Å². The molecule has 16 heavy (non-hydrogen) atoms. The highest BCUT2D eigenvalue weighted by molar-refractivity contribution is 5.81. The van der Waals surface area contributed by atoms with E-state index in [1.807, 2.05) is 19.1 Å². The zero-order chi connectivity index (χ0) is 11.8. The molecule has 0 aliphatic carbocycles. The van der Waals surface area contributed by atoms with Crippen molar-refractivity contribution in [3.8, 4) is 0 Å². The number of hydrogen-bond acceptors (Lipinski definition) is 3. The van der Waals surface area contributed by atoms with Crippen molar-refractivity contribution < 1.29 is 9.21 Å². The molecule has 1 unspecified atom stereocenters. The van der Waals surface area contributed by atoms with Crippen LogP contribution in [-0.4, -0.2) is 18.5 Å². The van der Waals surface area contributed by atoms with Gasteiger partial charge in [0.05, 0.1) is 18.8 Å². The maximum Gasteiger partial charge on any atom is 0.237 e. The molecular weight excluding hydrogens is 204 g/mol. The van der Waals surface area contributed by atoms with Crippen LogP contribution in [0.4, 0.5) is 0 Å². The van der Waals surface area contributed by atoms with Crippen LogP contribution in [0, 0.1) is 0 Å². The third kappa shape index (κ3) is 4.49. The molecular formula is C12H20N2O2. The van der Waals surface area contributed by atoms with Gasteiger partial charge >= 0.3 is 0 Å². The van der Waals surface area contributed by atoms with Crippen LogP contribution in [-0.2, 0) is 11.3 Å². The van der Waals surface area contributed by atoms with Gasteiger partial charge in [-0.3, -0.25) is 4.79 Å². The monoisotopic (exact) mass is 224 g/mol. The quantitative estimate of drug-likeness (QED) is 0.693. The number of nitrogens with one attached hydrogen (secondary N) is 2. The van der Waals surface area contributed by atoms with E-state index >= 15 is 0 Å². The predicted octanol–water partition coefficient (Wildman–Crippen LogP) is 1.67. The summed E-state index contributed by atoms with van der Waals surface area (Å²) in [6.07, 6.45) is 3.83. The molecule has 0 fully saturated rings. The Morgan fingerprint density at radius 2 is 2.38 bits per heavy atom. The Hall–Kier alpha value is -1.29. The highest BCUT2D eigenvalue weighted by Gasteiger charge is 2.11. The zero-order valence-corrected chi connectivity index (χ0v) is 9.95. The first-order valence-electron chi connectivity index (χ1n) is 5.77. The van der Waals surface area contributed by atoms with Gasteiger partial charge in [-0.05, 0) is 32.0 Å². The summed E-state index contributed by atoms with van der Waals surface area (Å²) in [5, 5.41) is 5.99. The summed E-state index contributed by atoms with van der Waals surface area (Å²) in [5.74, 6) is 0.779. The third-order valence-electron chi connectivity index (χ3n) is 2.39. The minimum Gasteiger partial charge on any atom is -0.467 e. The van der Waals surface area contributed by atoms with Crippen LogP contribution < -0.4 is 10.6 Å². The summed E-state index contributed by atoms with van der Waals surface area (Å²) in [6, 6.07) is 3.50. The Kier molecular flexibility index (Phi) is 5.64. The Balaban J connectivity index is 2.18. The summed E-state index contributed by atoms with van der Waals surface area (Å²) in [5.41, 5.74) is 0. The number of carbonyl (C=O) groups is 1. The lowest BCUT2D eigenvalue weighted by Crippen LogP contribution is -2.42. The lowest BCUT2D eigenvalue weighted by molar-refractivity contribution is -0.123. The molecule has 0 bridgehead atoms. The summed E-state index contributed by atoms with van der Waals surface area (Å²) in [7, 11) is 0. The molecule has 2 N–H and O–H groups in total. The van der Waals surface area contributed by atoms with E-state index < -0.39 is 0 Å². The summed E-state index contributed by atoms with van der Waals surface area (Å²) >= 11 is 0. The number of hydrogen-bond donors (Lipinski definition) is 2. The molecule has 1 atom stereocenters. The number of furan rings is 1. The SMILES string of the molecule is CCCCNC(C)C(=O)NCc1ccco1. The Morgan fingerprint density at radius 3 is 3.00 bits per heavy atom. The molecule has 0 aliphatic rings. The lowest BCUT2D eigenvalue weighted by atomic mass is 10.2. The fourth-order valence-electron chi connectivity index (χ4n) is 1.33. The fourth-order valence-corrected chi connectivity index (χ4v) is 1.33. The Morgan fingerprint density at radius 1 is 1.56 bits per heavy atom. The average Bonchev–Trinajstić information content (AvgIpc) is 2.79. The molecule has 0 saturated heterocycles. The van der Waals surface area contributed by atoms with Crippen molar-refractivity contribution >= 4 is 5.91 Å². The largest absolute Gasteiger partial charge is 0.467 e. The van der Waals surface area contributed by atoms with Crippen LogP contribution in [0.3, 0.4) is 0 Å². The standard InChI is InChI=1S/C12H20N2O2/c1-3-4-7-13-10(2)12(15)14-9-11-6-5-8-16-11/h5-6,8,10,13H,3-4,7,9H2,1-2H3,(H,14,15). The summed E-state index contributed by atoms with van der Waals surface area (Å²) in [6.45, 7) is 5.33. The van der Waals surface area contributed by atoms with Crippen LogP contribution in [0.1, 0.15) is 32.4 Å². The molecule has 0 saturated carbocycles. The summed E-state index contributed by atoms with van der Waals surface area (Å²) < 4.78 is 5.13. The molecule has 1 heterocycles. The van der Waals surface area contributed by atoms with Gasteiger partial charge in [-0.1, -0.05) is 13.3 Å². The zero-order valence-electron chi connectivity index (χ0n) is 9.95. The van der Waals surface area contributed by atoms with E-state index in [4.69, 9.17) is 4.42 Å². The smallest absolute Gasteiger partial charge is 0.237 e. The molecule has 0 aliphatic heterocycles. The van der Waals surface area contributed by atoms with Gasteiger partial charge in [0.2, 0.25) is 5.91 Å². The number of rotatable bonds is 7. The van der Waals surface area contributed by atoms with E-state index in [2.05, 4.69) is 17.6 Å². The van der Waals surface area contributed by atoms with E-state index in [-0.39, 0.29) is 11.9 Å². The average molecular weight is 224 g/mol. The van der Waals surface area contributed by atoms with Crippen molar-refractivity contribution in [2.45, 2.75) is 39.3 Å². The Bertz CT molecular complexity index is 296. The normalized spacial score (nSPS) is 12.4. The summed E-state index contributed by atoms with van der Waals surface area (Å²) in [4.78, 5) is 11.6. The molecule has 1 rings (SSSR count). The van der Waals surface area contributed by atoms with Gasteiger partial charge in [0.1, 0.15) is 5.76 Å². The van der Waals surface area contributed by atoms with E-state index in [1.54, 1.807) is 6.26 Å². The molecule has 0 aromatic carbocycles. The predicted molar refractivity (Wildman–Crippen MR) is 62.9 cm³/mol. The van der Waals surface area contributed by atoms with Gasteiger partial charge in [-0.2, -0.15) is 0 Å². The van der Waals surface area contributed by atoms with Crippen molar-refractivity contribution in [2.24, 2.45) is 0 Å². The maximum atomic E-state index is 11.6. The second-order valence-electron chi connectivity index (χ2n) is 3.83. The molecule has 0 spiro atoms. The fraction of sp³-hybridized carbons (Fsp3) is 0.583. The van der Waals surface area contributed by atoms with Gasteiger partial charge in [0, 0.05) is 0 Å². The van der Waals surface area contributed by atoms with Crippen molar-refractivity contribution in [1.82, 2.24) is 10.6 Å². The first-order chi connectivity index (χ1) is 7.74. The number of amides is 1. The molecule has 4 heteroatoms. The molecule has 4 nitrogen and oxygen atoms in total. The van der Waals surface area contributed by atoms with Crippen LogP contribution in [0.15, 0.2) is 22.8 Å². The third-order valence-corrected chi connectivity index (χ3v) is 2.39. The first kappa shape index (κ1) is 12.8. The second kappa shape index (κ2) is 7.06. The van der Waals surface area contributed by atoms with Crippen LogP contribution in [0.2, 0.25) is 0 Å². The van der Waals surface area contributed by atoms with Crippen LogP contribution >= 0.6 is 0 Å². The second-order valence-corrected chi connectivity index (χ2v) is 3.83. The van der Waals surface area contributed by atoms with Gasteiger partial charge < -0.3 is 15.1 Å². The molecule has 0 radical (unpaired) electrons. The number of carbonyl (C=O) groups excluding carboxylic acids is 1. The molecule has 90 valence electrons. The van der Waals surface area contributed by atoms with Crippen molar-refractivity contribution in [3.63, 3.8) is 0 Å². The van der Waals surface area contributed by atoms with Crippen molar-refractivity contribution in [1.29, 1.82) is 0 Å². The molecule has 1 aromatic rings. The van der Waals surface area contributed by atoms with Gasteiger partial charge in [0.25, 0.3) is 0 Å². The van der Waals surface area contributed by atoms with Gasteiger partial charge in [-0.15, -0.1) is 0 Å². The van der Waals surface area contributed by atoms with Gasteiger partial charge in [0.15, 0.2) is 0 Å². The van der Waals surface area contributed by atoms with Crippen LogP contribution in [0.25, 0.3) is 0 Å². The minimum absolute atomic E-state index is 0.00695. The van der Waals surface area contributed by atoms with Crippen molar-refractivity contribution in [2.75, 3.05) is 6.54 Å². The number of unbranched alkanes of at least 4 members (excludes halogenated alkanes) is 1. The molecule has 1 amide bonds. The first-order valence-corrected chi connectivity index (χ1v) is 5.77. The highest BCUT2D eigenvalue weighted by Crippen LogP contribution is 1.98. The lowest BCUT2D eigenvalue weighted by Gasteiger charge is -2.12. The maximum absolute atomic E-state index is 11.6. The van der Waals surface area contributed by atoms with E-state index in [0.29, 0.717) is 6.54 Å². The van der Waals surface area contributed by atoms with Crippen molar-refractivity contribution in [3.05, 3.63) is 24.2 Å². The van der Waals surface area contributed by atoms with E-state index in [9.17, 15) is 4.79 Å². The highest BCUT2D eigenvalue weighted by atomic mass is 16.3. The topological polar surface area (TPSA) is 54.3 Å². The van der Waals surface area contributed by atoms with E-state index in [0.717, 1.165) is 25.1 Å². The molecule has 1 aromatic heterocycles. The van der Waals surface area contributed by atoms with E-state index in [1.165, 1.54) is 0 Å². The minimum atomic E-state index is -0.151. The Labute approximate surface area is 96.4 Å².